The van der Waals surface area contributed by atoms with Crippen LogP contribution in [-0.2, 0) is 0 Å². The second-order valence-electron chi connectivity index (χ2n) is 6.74. The Hall–Kier alpha value is -0.120. The molecule has 18 heavy (non-hydrogen) atoms. The van der Waals surface area contributed by atoms with Crippen molar-refractivity contribution in [1.29, 1.82) is 0 Å². The van der Waals surface area contributed by atoms with Gasteiger partial charge in [-0.1, -0.05) is 34.1 Å². The van der Waals surface area contributed by atoms with E-state index in [2.05, 4.69) is 32.6 Å². The van der Waals surface area contributed by atoms with Gasteiger partial charge < -0.3 is 10.8 Å². The van der Waals surface area contributed by atoms with Crippen molar-refractivity contribution in [2.45, 2.75) is 65.5 Å². The van der Waals surface area contributed by atoms with Crippen molar-refractivity contribution in [3.63, 3.8) is 0 Å². The summed E-state index contributed by atoms with van der Waals surface area (Å²) in [4.78, 5) is 2.41. The number of nitrogens with two attached hydrogens (primary N) is 1. The summed E-state index contributed by atoms with van der Waals surface area (Å²) in [6.07, 6.45) is 4.71. The predicted octanol–water partition coefficient (Wildman–Crippen LogP) is 2.23. The Bertz CT molecular complexity index is 235. The van der Waals surface area contributed by atoms with Gasteiger partial charge >= 0.3 is 0 Å². The molecule has 0 radical (unpaired) electrons. The number of aliphatic hydroxyl groups is 1. The molecule has 0 saturated carbocycles. The summed E-state index contributed by atoms with van der Waals surface area (Å²) in [5.74, 6) is 0.597. The third-order valence-electron chi connectivity index (χ3n) is 4.75. The van der Waals surface area contributed by atoms with Gasteiger partial charge in [-0.15, -0.1) is 0 Å². The van der Waals surface area contributed by atoms with Gasteiger partial charge in [0, 0.05) is 12.1 Å². The molecule has 0 bridgehead atoms. The Labute approximate surface area is 113 Å². The van der Waals surface area contributed by atoms with Crippen molar-refractivity contribution in [3.05, 3.63) is 0 Å². The minimum atomic E-state index is 0.0981. The fourth-order valence-corrected chi connectivity index (χ4v) is 2.97. The number of aliphatic hydroxyl groups excluding tert-OH is 1. The molecule has 0 aliphatic carbocycles. The third-order valence-corrected chi connectivity index (χ3v) is 4.75. The van der Waals surface area contributed by atoms with E-state index >= 15 is 0 Å². The topological polar surface area (TPSA) is 49.5 Å². The lowest BCUT2D eigenvalue weighted by atomic mass is 9.77. The quantitative estimate of drug-likeness (QED) is 0.766. The highest BCUT2D eigenvalue weighted by molar-refractivity contribution is 4.88. The molecule has 1 aliphatic heterocycles. The molecule has 3 nitrogen and oxygen atoms in total. The maximum absolute atomic E-state index is 9.63. The van der Waals surface area contributed by atoms with E-state index in [0.29, 0.717) is 11.3 Å². The zero-order valence-electron chi connectivity index (χ0n) is 12.7. The molecule has 1 aliphatic rings. The van der Waals surface area contributed by atoms with Crippen LogP contribution in [0.1, 0.15) is 53.4 Å². The van der Waals surface area contributed by atoms with E-state index in [1.54, 1.807) is 0 Å². The van der Waals surface area contributed by atoms with Crippen LogP contribution in [0.25, 0.3) is 0 Å². The normalized spacial score (nSPS) is 24.2. The van der Waals surface area contributed by atoms with Crippen LogP contribution in [-0.4, -0.2) is 41.8 Å². The van der Waals surface area contributed by atoms with Crippen LogP contribution in [0.3, 0.4) is 0 Å². The summed E-state index contributed by atoms with van der Waals surface area (Å²) in [7, 11) is 0. The maximum atomic E-state index is 9.63. The molecule has 0 aromatic heterocycles. The number of piperidine rings is 1. The lowest BCUT2D eigenvalue weighted by Crippen LogP contribution is -2.54. The molecule has 1 saturated heterocycles. The molecule has 0 aromatic carbocycles. The van der Waals surface area contributed by atoms with Crippen LogP contribution in [0.2, 0.25) is 0 Å². The number of hydrogen-bond donors (Lipinski definition) is 2. The Morgan fingerprint density at radius 3 is 2.22 bits per heavy atom. The van der Waals surface area contributed by atoms with E-state index in [1.165, 1.54) is 19.3 Å². The molecule has 2 unspecified atom stereocenters. The first-order valence-electron chi connectivity index (χ1n) is 7.52. The van der Waals surface area contributed by atoms with Crippen LogP contribution in [0, 0.1) is 11.3 Å². The number of rotatable bonds is 6. The highest BCUT2D eigenvalue weighted by Gasteiger charge is 2.33. The summed E-state index contributed by atoms with van der Waals surface area (Å²) in [5, 5.41) is 9.63. The average Bonchev–Trinajstić information content (AvgIpc) is 2.32. The minimum Gasteiger partial charge on any atom is -0.395 e. The van der Waals surface area contributed by atoms with E-state index in [4.69, 9.17) is 5.73 Å². The predicted molar refractivity (Wildman–Crippen MR) is 77.5 cm³/mol. The molecule has 2 atom stereocenters. The summed E-state index contributed by atoms with van der Waals surface area (Å²) >= 11 is 0. The summed E-state index contributed by atoms with van der Waals surface area (Å²) in [5.41, 5.74) is 6.76. The zero-order chi connectivity index (χ0) is 13.8. The molecule has 0 aromatic rings. The van der Waals surface area contributed by atoms with Crippen molar-refractivity contribution < 1.29 is 5.11 Å². The molecule has 3 heteroatoms. The highest BCUT2D eigenvalue weighted by atomic mass is 16.3. The molecular formula is C15H32N2O. The van der Waals surface area contributed by atoms with Crippen molar-refractivity contribution >= 4 is 0 Å². The molecule has 1 heterocycles. The first kappa shape index (κ1) is 15.9. The van der Waals surface area contributed by atoms with Gasteiger partial charge in [-0.2, -0.15) is 0 Å². The summed E-state index contributed by atoms with van der Waals surface area (Å²) in [6.45, 7) is 11.4. The first-order chi connectivity index (χ1) is 8.41. The Kier molecular flexibility index (Phi) is 6.09. The Morgan fingerprint density at radius 2 is 1.83 bits per heavy atom. The van der Waals surface area contributed by atoms with Gasteiger partial charge in [-0.05, 0) is 43.7 Å². The number of likely N-dealkylation sites (tertiary alicyclic amines) is 1. The standard InChI is InChI=1S/C15H32N2O/c1-5-15(4)6-8-17(9-7-15)14(11-18)13(16)10-12(2)3/h12-14,18H,5-11,16H2,1-4H3. The second-order valence-corrected chi connectivity index (χ2v) is 6.74. The van der Waals surface area contributed by atoms with Crippen molar-refractivity contribution in [1.82, 2.24) is 4.90 Å². The average molecular weight is 256 g/mol. The second kappa shape index (κ2) is 6.88. The third kappa shape index (κ3) is 4.22. The summed E-state index contributed by atoms with van der Waals surface area (Å²) in [6, 6.07) is 0.245. The minimum absolute atomic E-state index is 0.0981. The molecule has 1 rings (SSSR count). The van der Waals surface area contributed by atoms with Gasteiger partial charge in [0.2, 0.25) is 0 Å². The first-order valence-corrected chi connectivity index (χ1v) is 7.52. The Morgan fingerprint density at radius 1 is 1.28 bits per heavy atom. The van der Waals surface area contributed by atoms with E-state index in [-0.39, 0.29) is 18.7 Å². The maximum Gasteiger partial charge on any atom is 0.0601 e. The summed E-state index contributed by atoms with van der Waals surface area (Å²) < 4.78 is 0. The van der Waals surface area contributed by atoms with Gasteiger partial charge in [-0.25, -0.2) is 0 Å². The lowest BCUT2D eigenvalue weighted by molar-refractivity contribution is 0.0396. The van der Waals surface area contributed by atoms with Crippen molar-refractivity contribution in [3.8, 4) is 0 Å². The van der Waals surface area contributed by atoms with Gasteiger partial charge in [0.25, 0.3) is 0 Å². The van der Waals surface area contributed by atoms with Crippen LogP contribution in [0.5, 0.6) is 0 Å². The lowest BCUT2D eigenvalue weighted by Gasteiger charge is -2.43. The van der Waals surface area contributed by atoms with Crippen molar-refractivity contribution in [2.24, 2.45) is 17.1 Å². The van der Waals surface area contributed by atoms with Gasteiger partial charge in [-0.3, -0.25) is 4.90 Å². The van der Waals surface area contributed by atoms with Crippen LogP contribution < -0.4 is 5.73 Å². The number of hydrogen-bond acceptors (Lipinski definition) is 3. The van der Waals surface area contributed by atoms with Gasteiger partial charge in [0.05, 0.1) is 6.61 Å². The van der Waals surface area contributed by atoms with Crippen LogP contribution in [0.15, 0.2) is 0 Å². The van der Waals surface area contributed by atoms with E-state index < -0.39 is 0 Å². The zero-order valence-corrected chi connectivity index (χ0v) is 12.7. The molecule has 0 amide bonds. The largest absolute Gasteiger partial charge is 0.395 e. The van der Waals surface area contributed by atoms with E-state index in [1.807, 2.05) is 0 Å². The SMILES string of the molecule is CCC1(C)CCN(C(CO)C(N)CC(C)C)CC1. The molecule has 108 valence electrons. The van der Waals surface area contributed by atoms with E-state index in [0.717, 1.165) is 19.5 Å². The monoisotopic (exact) mass is 256 g/mol. The van der Waals surface area contributed by atoms with Crippen molar-refractivity contribution in [2.75, 3.05) is 19.7 Å². The Balaban J connectivity index is 2.52. The molecule has 0 spiro atoms. The van der Waals surface area contributed by atoms with Gasteiger partial charge in [0.15, 0.2) is 0 Å². The highest BCUT2D eigenvalue weighted by Crippen LogP contribution is 2.34. The molecule has 1 fully saturated rings. The van der Waals surface area contributed by atoms with E-state index in [9.17, 15) is 5.11 Å². The van der Waals surface area contributed by atoms with Gasteiger partial charge in [0.1, 0.15) is 0 Å². The molecular weight excluding hydrogens is 224 g/mol. The van der Waals surface area contributed by atoms with Crippen LogP contribution in [0.4, 0.5) is 0 Å². The fraction of sp³-hybridized carbons (Fsp3) is 1.00. The molecule has 3 N–H and O–H groups in total. The van der Waals surface area contributed by atoms with Crippen LogP contribution >= 0.6 is 0 Å². The smallest absolute Gasteiger partial charge is 0.0601 e. The fourth-order valence-electron chi connectivity index (χ4n) is 2.97. The number of nitrogens with zero attached hydrogens (tertiary/aromatic N) is 1.